The average molecular weight is 298 g/mol. The van der Waals surface area contributed by atoms with Crippen LogP contribution in [0, 0.1) is 5.41 Å². The first-order chi connectivity index (χ1) is 9.97. The first-order valence-corrected chi connectivity index (χ1v) is 7.03. The first kappa shape index (κ1) is 15.7. The summed E-state index contributed by atoms with van der Waals surface area (Å²) in [5.74, 6) is 0.0183. The van der Waals surface area contributed by atoms with E-state index in [1.165, 1.54) is 12.1 Å². The molecule has 1 saturated carbocycles. The van der Waals surface area contributed by atoms with Crippen molar-refractivity contribution in [3.05, 3.63) is 29.8 Å². The molecule has 0 aliphatic heterocycles. The van der Waals surface area contributed by atoms with E-state index in [2.05, 4.69) is 10.1 Å². The van der Waals surface area contributed by atoms with Gasteiger partial charge < -0.3 is 15.8 Å². The molecule has 3 N–H and O–H groups in total. The van der Waals surface area contributed by atoms with Crippen LogP contribution in [0.1, 0.15) is 37.8 Å². The van der Waals surface area contributed by atoms with Crippen LogP contribution in [0.15, 0.2) is 24.3 Å². The van der Waals surface area contributed by atoms with Crippen molar-refractivity contribution < 1.29 is 18.3 Å². The van der Waals surface area contributed by atoms with Gasteiger partial charge in [0.2, 0.25) is 5.91 Å². The summed E-state index contributed by atoms with van der Waals surface area (Å²) >= 11 is 0. The van der Waals surface area contributed by atoms with Crippen LogP contribution in [0.5, 0.6) is 5.75 Å². The van der Waals surface area contributed by atoms with E-state index < -0.39 is 12.0 Å². The lowest BCUT2D eigenvalue weighted by Gasteiger charge is -2.39. The molecule has 0 radical (unpaired) electrons. The molecular formula is C15H20F2N2O2. The summed E-state index contributed by atoms with van der Waals surface area (Å²) in [5.41, 5.74) is 5.96. The van der Waals surface area contributed by atoms with E-state index in [4.69, 9.17) is 5.73 Å². The monoisotopic (exact) mass is 298 g/mol. The summed E-state index contributed by atoms with van der Waals surface area (Å²) in [5, 5.41) is 2.91. The Kier molecular flexibility index (Phi) is 4.77. The number of carbonyl (C=O) groups is 1. The zero-order chi connectivity index (χ0) is 15.5. The Morgan fingerprint density at radius 2 is 2.19 bits per heavy atom. The fourth-order valence-corrected chi connectivity index (χ4v) is 2.52. The normalized spacial score (nSPS) is 18.0. The molecule has 0 heterocycles. The van der Waals surface area contributed by atoms with Crippen molar-refractivity contribution in [3.63, 3.8) is 0 Å². The van der Waals surface area contributed by atoms with Crippen molar-refractivity contribution in [1.82, 2.24) is 5.32 Å². The maximum atomic E-state index is 12.3. The Morgan fingerprint density at radius 1 is 1.48 bits per heavy atom. The van der Waals surface area contributed by atoms with E-state index in [9.17, 15) is 13.6 Å². The second-order valence-corrected chi connectivity index (χ2v) is 5.48. The molecule has 4 nitrogen and oxygen atoms in total. The Morgan fingerprint density at radius 3 is 2.71 bits per heavy atom. The lowest BCUT2D eigenvalue weighted by Crippen LogP contribution is -2.50. The van der Waals surface area contributed by atoms with Gasteiger partial charge in [-0.25, -0.2) is 0 Å². The summed E-state index contributed by atoms with van der Waals surface area (Å²) in [6, 6.07) is 6.06. The number of alkyl halides is 2. The molecule has 0 bridgehead atoms. The van der Waals surface area contributed by atoms with Gasteiger partial charge in [-0.05, 0) is 37.5 Å². The molecule has 2 rings (SSSR count). The van der Waals surface area contributed by atoms with Crippen LogP contribution < -0.4 is 15.8 Å². The van der Waals surface area contributed by atoms with Gasteiger partial charge in [-0.2, -0.15) is 8.78 Å². The SMILES string of the molecule is CC(NC(=O)C1(CN)CCC1)c1cccc(OC(F)F)c1. The molecule has 1 aromatic carbocycles. The Labute approximate surface area is 122 Å². The highest BCUT2D eigenvalue weighted by atomic mass is 19.3. The molecule has 0 aromatic heterocycles. The van der Waals surface area contributed by atoms with Crippen molar-refractivity contribution in [1.29, 1.82) is 0 Å². The van der Waals surface area contributed by atoms with E-state index in [-0.39, 0.29) is 17.7 Å². The predicted octanol–water partition coefficient (Wildman–Crippen LogP) is 2.59. The number of halogens is 2. The van der Waals surface area contributed by atoms with Crippen LogP contribution in [-0.4, -0.2) is 19.1 Å². The third-order valence-electron chi connectivity index (χ3n) is 4.11. The van der Waals surface area contributed by atoms with E-state index in [0.29, 0.717) is 12.1 Å². The van der Waals surface area contributed by atoms with Gasteiger partial charge in [-0.15, -0.1) is 0 Å². The Balaban J connectivity index is 2.03. The number of amides is 1. The third-order valence-corrected chi connectivity index (χ3v) is 4.11. The maximum absolute atomic E-state index is 12.3. The zero-order valence-electron chi connectivity index (χ0n) is 11.9. The molecule has 21 heavy (non-hydrogen) atoms. The minimum atomic E-state index is -2.86. The molecule has 1 fully saturated rings. The smallest absolute Gasteiger partial charge is 0.387 e. The van der Waals surface area contributed by atoms with Crippen molar-refractivity contribution in [2.24, 2.45) is 11.1 Å². The third kappa shape index (κ3) is 3.50. The van der Waals surface area contributed by atoms with Gasteiger partial charge in [0.1, 0.15) is 5.75 Å². The average Bonchev–Trinajstić information content (AvgIpc) is 2.37. The second kappa shape index (κ2) is 6.39. The van der Waals surface area contributed by atoms with E-state index in [1.54, 1.807) is 12.1 Å². The minimum Gasteiger partial charge on any atom is -0.435 e. The van der Waals surface area contributed by atoms with E-state index >= 15 is 0 Å². The minimum absolute atomic E-state index is 0.0658. The highest BCUT2D eigenvalue weighted by Gasteiger charge is 2.43. The van der Waals surface area contributed by atoms with Crippen LogP contribution in [0.4, 0.5) is 8.78 Å². The molecular weight excluding hydrogens is 278 g/mol. The number of carbonyl (C=O) groups excluding carboxylic acids is 1. The van der Waals surface area contributed by atoms with Crippen molar-refractivity contribution in [2.75, 3.05) is 6.54 Å². The number of hydrogen-bond acceptors (Lipinski definition) is 3. The van der Waals surface area contributed by atoms with Crippen molar-refractivity contribution >= 4 is 5.91 Å². The van der Waals surface area contributed by atoms with Crippen molar-refractivity contribution in [3.8, 4) is 5.75 Å². The molecule has 1 aliphatic carbocycles. The number of rotatable bonds is 6. The molecule has 116 valence electrons. The molecule has 1 aromatic rings. The van der Waals surface area contributed by atoms with Gasteiger partial charge in [0.15, 0.2) is 0 Å². The van der Waals surface area contributed by atoms with Gasteiger partial charge in [0.25, 0.3) is 0 Å². The van der Waals surface area contributed by atoms with E-state index in [1.807, 2.05) is 6.92 Å². The topological polar surface area (TPSA) is 64.4 Å². The lowest BCUT2D eigenvalue weighted by atomic mass is 9.68. The van der Waals surface area contributed by atoms with Crippen molar-refractivity contribution in [2.45, 2.75) is 38.8 Å². The summed E-state index contributed by atoms with van der Waals surface area (Å²) in [6.45, 7) is -0.719. The number of hydrogen-bond donors (Lipinski definition) is 2. The standard InChI is InChI=1S/C15H20F2N2O2/c1-10(19-13(20)15(9-18)6-3-7-15)11-4-2-5-12(8-11)21-14(16)17/h2,4-5,8,10,14H,3,6-7,9,18H2,1H3,(H,19,20). The lowest BCUT2D eigenvalue weighted by molar-refractivity contribution is -0.135. The highest BCUT2D eigenvalue weighted by molar-refractivity contribution is 5.84. The molecule has 1 unspecified atom stereocenters. The zero-order valence-corrected chi connectivity index (χ0v) is 11.9. The first-order valence-electron chi connectivity index (χ1n) is 7.03. The van der Waals surface area contributed by atoms with Crippen LogP contribution in [-0.2, 0) is 4.79 Å². The summed E-state index contributed by atoms with van der Waals surface area (Å²) < 4.78 is 28.8. The number of benzene rings is 1. The highest BCUT2D eigenvalue weighted by Crippen LogP contribution is 2.40. The maximum Gasteiger partial charge on any atom is 0.387 e. The summed E-state index contributed by atoms with van der Waals surface area (Å²) in [6.07, 6.45) is 2.61. The molecule has 1 amide bonds. The molecule has 1 aliphatic rings. The Hall–Kier alpha value is -1.69. The second-order valence-electron chi connectivity index (χ2n) is 5.48. The van der Waals surface area contributed by atoms with Crippen LogP contribution >= 0.6 is 0 Å². The molecule has 0 spiro atoms. The molecule has 6 heteroatoms. The Bertz CT molecular complexity index is 499. The quantitative estimate of drug-likeness (QED) is 0.848. The van der Waals surface area contributed by atoms with Gasteiger partial charge in [0, 0.05) is 6.54 Å². The number of ether oxygens (including phenoxy) is 1. The predicted molar refractivity (Wildman–Crippen MR) is 75.0 cm³/mol. The fraction of sp³-hybridized carbons (Fsp3) is 0.533. The van der Waals surface area contributed by atoms with E-state index in [0.717, 1.165) is 19.3 Å². The largest absolute Gasteiger partial charge is 0.435 e. The summed E-state index contributed by atoms with van der Waals surface area (Å²) in [4.78, 5) is 12.3. The van der Waals surface area contributed by atoms with Crippen LogP contribution in [0.3, 0.4) is 0 Å². The van der Waals surface area contributed by atoms with Gasteiger partial charge in [-0.1, -0.05) is 18.6 Å². The number of nitrogens with two attached hydrogens (primary N) is 1. The fourth-order valence-electron chi connectivity index (χ4n) is 2.52. The van der Waals surface area contributed by atoms with Gasteiger partial charge >= 0.3 is 6.61 Å². The number of nitrogens with one attached hydrogen (secondary N) is 1. The molecule has 1 atom stereocenters. The van der Waals surface area contributed by atoms with Crippen LogP contribution in [0.25, 0.3) is 0 Å². The van der Waals surface area contributed by atoms with Crippen LogP contribution in [0.2, 0.25) is 0 Å². The summed E-state index contributed by atoms with van der Waals surface area (Å²) in [7, 11) is 0. The van der Waals surface area contributed by atoms with Gasteiger partial charge in [0.05, 0.1) is 11.5 Å². The molecule has 0 saturated heterocycles. The van der Waals surface area contributed by atoms with Gasteiger partial charge in [-0.3, -0.25) is 4.79 Å².